The van der Waals surface area contributed by atoms with Crippen LogP contribution in [-0.4, -0.2) is 21.5 Å². The van der Waals surface area contributed by atoms with Gasteiger partial charge in [-0.25, -0.2) is 0 Å². The minimum absolute atomic E-state index is 0.0218. The third kappa shape index (κ3) is 3.19. The predicted octanol–water partition coefficient (Wildman–Crippen LogP) is 2.79. The Hall–Kier alpha value is -1.82. The Kier molecular flexibility index (Phi) is 4.13. The SMILES string of the molecule is Cc1ccccc1Cn1cc(CCO)c(C(F)(F)F)n1. The first-order chi connectivity index (χ1) is 9.41. The van der Waals surface area contributed by atoms with E-state index >= 15 is 0 Å². The highest BCUT2D eigenvalue weighted by molar-refractivity contribution is 5.27. The number of hydrogen-bond donors (Lipinski definition) is 1. The van der Waals surface area contributed by atoms with Gasteiger partial charge in [0.25, 0.3) is 0 Å². The normalized spacial score (nSPS) is 11.8. The molecule has 0 unspecified atom stereocenters. The second kappa shape index (κ2) is 5.66. The van der Waals surface area contributed by atoms with E-state index in [1.165, 1.54) is 10.9 Å². The van der Waals surface area contributed by atoms with E-state index in [9.17, 15) is 13.2 Å². The molecule has 2 aromatic rings. The Labute approximate surface area is 114 Å². The number of halogens is 3. The Morgan fingerprint density at radius 1 is 1.20 bits per heavy atom. The fourth-order valence-corrected chi connectivity index (χ4v) is 2.05. The van der Waals surface area contributed by atoms with Crippen LogP contribution in [-0.2, 0) is 19.1 Å². The van der Waals surface area contributed by atoms with Crippen molar-refractivity contribution in [1.82, 2.24) is 9.78 Å². The fraction of sp³-hybridized carbons (Fsp3) is 0.357. The number of nitrogens with zero attached hydrogens (tertiary/aromatic N) is 2. The summed E-state index contributed by atoms with van der Waals surface area (Å²) >= 11 is 0. The van der Waals surface area contributed by atoms with Crippen LogP contribution in [0.3, 0.4) is 0 Å². The summed E-state index contributed by atoms with van der Waals surface area (Å²) in [6.45, 7) is 1.85. The van der Waals surface area contributed by atoms with Gasteiger partial charge >= 0.3 is 6.18 Å². The zero-order valence-corrected chi connectivity index (χ0v) is 11.0. The number of aliphatic hydroxyl groups is 1. The van der Waals surface area contributed by atoms with Crippen LogP contribution in [0.2, 0.25) is 0 Å². The van der Waals surface area contributed by atoms with E-state index in [1.807, 2.05) is 31.2 Å². The number of aliphatic hydroxyl groups excluding tert-OH is 1. The number of alkyl halides is 3. The summed E-state index contributed by atoms with van der Waals surface area (Å²) in [5, 5.41) is 12.5. The summed E-state index contributed by atoms with van der Waals surface area (Å²) < 4.78 is 39.8. The molecule has 0 saturated heterocycles. The lowest BCUT2D eigenvalue weighted by atomic mass is 10.1. The van der Waals surface area contributed by atoms with Crippen LogP contribution in [0, 0.1) is 6.92 Å². The molecule has 1 heterocycles. The molecule has 1 N–H and O–H groups in total. The van der Waals surface area contributed by atoms with E-state index in [2.05, 4.69) is 5.10 Å². The second-order valence-electron chi connectivity index (χ2n) is 4.60. The minimum Gasteiger partial charge on any atom is -0.396 e. The maximum Gasteiger partial charge on any atom is 0.435 e. The Bertz CT molecular complexity index is 590. The Morgan fingerprint density at radius 3 is 2.50 bits per heavy atom. The molecule has 108 valence electrons. The van der Waals surface area contributed by atoms with Gasteiger partial charge in [-0.15, -0.1) is 0 Å². The van der Waals surface area contributed by atoms with E-state index in [0.717, 1.165) is 11.1 Å². The van der Waals surface area contributed by atoms with E-state index in [4.69, 9.17) is 5.11 Å². The summed E-state index contributed by atoms with van der Waals surface area (Å²) in [6.07, 6.45) is -3.20. The van der Waals surface area contributed by atoms with Gasteiger partial charge in [0.15, 0.2) is 5.69 Å². The molecule has 0 aliphatic carbocycles. The lowest BCUT2D eigenvalue weighted by molar-refractivity contribution is -0.142. The van der Waals surface area contributed by atoms with E-state index < -0.39 is 11.9 Å². The molecule has 0 bridgehead atoms. The lowest BCUT2D eigenvalue weighted by Crippen LogP contribution is -2.11. The molecule has 1 aromatic heterocycles. The minimum atomic E-state index is -4.50. The standard InChI is InChI=1S/C14H15F3N2O/c1-10-4-2-3-5-11(10)8-19-9-12(6-7-20)13(18-19)14(15,16)17/h2-5,9,20H,6-8H2,1H3. The molecule has 0 atom stereocenters. The number of hydrogen-bond acceptors (Lipinski definition) is 2. The fourth-order valence-electron chi connectivity index (χ4n) is 2.05. The molecule has 0 aliphatic rings. The van der Waals surface area contributed by atoms with Crippen LogP contribution in [0.1, 0.15) is 22.4 Å². The van der Waals surface area contributed by atoms with Gasteiger partial charge in [-0.05, 0) is 24.5 Å². The second-order valence-corrected chi connectivity index (χ2v) is 4.60. The average Bonchev–Trinajstić information content (AvgIpc) is 2.76. The van der Waals surface area contributed by atoms with Crippen LogP contribution in [0.15, 0.2) is 30.5 Å². The smallest absolute Gasteiger partial charge is 0.396 e. The zero-order valence-electron chi connectivity index (χ0n) is 11.0. The van der Waals surface area contributed by atoms with Gasteiger partial charge in [0.2, 0.25) is 0 Å². The topological polar surface area (TPSA) is 38.0 Å². The molecular formula is C14H15F3N2O. The first-order valence-corrected chi connectivity index (χ1v) is 6.20. The largest absolute Gasteiger partial charge is 0.435 e. The first kappa shape index (κ1) is 14.6. The van der Waals surface area contributed by atoms with Gasteiger partial charge < -0.3 is 5.11 Å². The van der Waals surface area contributed by atoms with E-state index in [-0.39, 0.29) is 25.1 Å². The molecular weight excluding hydrogens is 269 g/mol. The van der Waals surface area contributed by atoms with Crippen molar-refractivity contribution in [2.45, 2.75) is 26.1 Å². The lowest BCUT2D eigenvalue weighted by Gasteiger charge is -2.06. The van der Waals surface area contributed by atoms with E-state index in [0.29, 0.717) is 0 Å². The predicted molar refractivity (Wildman–Crippen MR) is 68.3 cm³/mol. The van der Waals surface area contributed by atoms with Crippen LogP contribution in [0.25, 0.3) is 0 Å². The maximum absolute atomic E-state index is 12.8. The molecule has 0 saturated carbocycles. The Morgan fingerprint density at radius 2 is 1.90 bits per heavy atom. The van der Waals surface area contributed by atoms with Crippen LogP contribution in [0.4, 0.5) is 13.2 Å². The highest BCUT2D eigenvalue weighted by Gasteiger charge is 2.36. The summed E-state index contributed by atoms with van der Waals surface area (Å²) in [4.78, 5) is 0. The van der Waals surface area contributed by atoms with Crippen LogP contribution < -0.4 is 0 Å². The summed E-state index contributed by atoms with van der Waals surface area (Å²) in [5.41, 5.74) is 1.02. The van der Waals surface area contributed by atoms with Crippen molar-refractivity contribution in [2.75, 3.05) is 6.61 Å². The quantitative estimate of drug-likeness (QED) is 0.937. The molecule has 0 radical (unpaired) electrons. The Balaban J connectivity index is 2.32. The van der Waals surface area contributed by atoms with Crippen LogP contribution >= 0.6 is 0 Å². The molecule has 0 fully saturated rings. The average molecular weight is 284 g/mol. The molecule has 0 spiro atoms. The molecule has 0 amide bonds. The number of aromatic nitrogens is 2. The van der Waals surface area contributed by atoms with Crippen molar-refractivity contribution in [1.29, 1.82) is 0 Å². The van der Waals surface area contributed by atoms with Gasteiger partial charge in [-0.3, -0.25) is 4.68 Å². The third-order valence-electron chi connectivity index (χ3n) is 3.08. The van der Waals surface area contributed by atoms with Crippen molar-refractivity contribution >= 4 is 0 Å². The maximum atomic E-state index is 12.8. The van der Waals surface area contributed by atoms with Crippen molar-refractivity contribution in [3.63, 3.8) is 0 Å². The molecule has 1 aromatic carbocycles. The molecule has 3 nitrogen and oxygen atoms in total. The van der Waals surface area contributed by atoms with Crippen molar-refractivity contribution in [2.24, 2.45) is 0 Å². The number of benzene rings is 1. The van der Waals surface area contributed by atoms with Gasteiger partial charge in [-0.2, -0.15) is 18.3 Å². The molecule has 2 rings (SSSR count). The monoisotopic (exact) mass is 284 g/mol. The molecule has 0 aliphatic heterocycles. The highest BCUT2D eigenvalue weighted by atomic mass is 19.4. The van der Waals surface area contributed by atoms with Crippen LogP contribution in [0.5, 0.6) is 0 Å². The van der Waals surface area contributed by atoms with Crippen molar-refractivity contribution < 1.29 is 18.3 Å². The highest BCUT2D eigenvalue weighted by Crippen LogP contribution is 2.31. The number of rotatable bonds is 4. The summed E-state index contributed by atoms with van der Waals surface area (Å²) in [6, 6.07) is 7.47. The van der Waals surface area contributed by atoms with Gasteiger partial charge in [-0.1, -0.05) is 24.3 Å². The van der Waals surface area contributed by atoms with Crippen molar-refractivity contribution in [3.8, 4) is 0 Å². The van der Waals surface area contributed by atoms with Crippen molar-refractivity contribution in [3.05, 3.63) is 52.8 Å². The summed E-state index contributed by atoms with van der Waals surface area (Å²) in [7, 11) is 0. The third-order valence-corrected chi connectivity index (χ3v) is 3.08. The van der Waals surface area contributed by atoms with Gasteiger partial charge in [0.05, 0.1) is 6.54 Å². The molecule has 6 heteroatoms. The summed E-state index contributed by atoms with van der Waals surface area (Å²) in [5.74, 6) is 0. The van der Waals surface area contributed by atoms with Gasteiger partial charge in [0.1, 0.15) is 0 Å². The molecule has 20 heavy (non-hydrogen) atoms. The number of aryl methyl sites for hydroxylation is 1. The zero-order chi connectivity index (χ0) is 14.8. The first-order valence-electron chi connectivity index (χ1n) is 6.20. The van der Waals surface area contributed by atoms with Gasteiger partial charge in [0, 0.05) is 18.4 Å². The van der Waals surface area contributed by atoms with E-state index in [1.54, 1.807) is 0 Å².